The van der Waals surface area contributed by atoms with Crippen molar-refractivity contribution in [3.63, 3.8) is 0 Å². The van der Waals surface area contributed by atoms with Crippen molar-refractivity contribution in [2.24, 2.45) is 0 Å². The van der Waals surface area contributed by atoms with Crippen molar-refractivity contribution in [1.29, 1.82) is 0 Å². The minimum atomic E-state index is -4.02. The Bertz CT molecular complexity index is 1280. The first-order valence-corrected chi connectivity index (χ1v) is 10.2. The van der Waals surface area contributed by atoms with E-state index in [2.05, 4.69) is 15.4 Å². The number of nitrogens with two attached hydrogens (primary N) is 1. The summed E-state index contributed by atoms with van der Waals surface area (Å²) in [6, 6.07) is 17.0. The lowest BCUT2D eigenvalue weighted by molar-refractivity contribution is 0.581. The molecule has 0 unspecified atom stereocenters. The molecule has 1 aromatic heterocycles. The van der Waals surface area contributed by atoms with Crippen molar-refractivity contribution in [3.8, 4) is 0 Å². The van der Waals surface area contributed by atoms with Crippen LogP contribution >= 0.6 is 23.2 Å². The van der Waals surface area contributed by atoms with Crippen LogP contribution < -0.4 is 11.1 Å². The largest absolute Gasteiger partial charge is 0.367 e. The molecule has 142 valence electrons. The first kappa shape index (κ1) is 18.5. The van der Waals surface area contributed by atoms with Gasteiger partial charge in [0.15, 0.2) is 0 Å². The van der Waals surface area contributed by atoms with Crippen LogP contribution in [0.3, 0.4) is 0 Å². The zero-order valence-corrected chi connectivity index (χ0v) is 16.5. The molecule has 0 aliphatic carbocycles. The predicted octanol–water partition coefficient (Wildman–Crippen LogP) is 4.30. The Balaban J connectivity index is 1.71. The minimum absolute atomic E-state index is 0.000183. The Kier molecular flexibility index (Phi) is 4.62. The first-order valence-electron chi connectivity index (χ1n) is 8.03. The normalized spacial score (nSPS) is 11.6. The van der Waals surface area contributed by atoms with Crippen LogP contribution in [0, 0.1) is 0 Å². The van der Waals surface area contributed by atoms with Crippen LogP contribution in [0.2, 0.25) is 10.0 Å². The Morgan fingerprint density at radius 1 is 0.929 bits per heavy atom. The Morgan fingerprint density at radius 3 is 2.32 bits per heavy atom. The molecule has 0 radical (unpaired) electrons. The number of aromatic nitrogens is 3. The molecule has 4 aromatic rings. The van der Waals surface area contributed by atoms with E-state index < -0.39 is 10.0 Å². The predicted molar refractivity (Wildman–Crippen MR) is 111 cm³/mol. The zero-order valence-electron chi connectivity index (χ0n) is 14.2. The van der Waals surface area contributed by atoms with Gasteiger partial charge in [0.2, 0.25) is 11.9 Å². The maximum Gasteiger partial charge on any atom is 0.286 e. The highest BCUT2D eigenvalue weighted by atomic mass is 35.5. The fourth-order valence-electron chi connectivity index (χ4n) is 2.72. The molecular formula is C18H13Cl2N5O2S. The molecule has 0 bridgehead atoms. The lowest BCUT2D eigenvalue weighted by atomic mass is 10.1. The summed E-state index contributed by atoms with van der Waals surface area (Å²) in [5.74, 6) is -0.274. The second kappa shape index (κ2) is 6.97. The second-order valence-corrected chi connectivity index (χ2v) is 8.57. The highest BCUT2D eigenvalue weighted by molar-refractivity contribution is 7.90. The van der Waals surface area contributed by atoms with E-state index in [4.69, 9.17) is 28.9 Å². The summed E-state index contributed by atoms with van der Waals surface area (Å²) in [6.45, 7) is 0. The maximum atomic E-state index is 13.0. The zero-order chi connectivity index (χ0) is 19.9. The van der Waals surface area contributed by atoms with Gasteiger partial charge in [-0.05, 0) is 41.1 Å². The summed E-state index contributed by atoms with van der Waals surface area (Å²) in [6.07, 6.45) is 0. The molecule has 10 heteroatoms. The molecule has 0 aliphatic rings. The lowest BCUT2D eigenvalue weighted by Gasteiger charge is -2.06. The molecular weight excluding hydrogens is 421 g/mol. The van der Waals surface area contributed by atoms with Crippen molar-refractivity contribution >= 4 is 61.6 Å². The van der Waals surface area contributed by atoms with E-state index in [0.717, 1.165) is 10.8 Å². The summed E-state index contributed by atoms with van der Waals surface area (Å²) >= 11 is 11.9. The summed E-state index contributed by atoms with van der Waals surface area (Å²) in [5.41, 5.74) is 6.31. The summed E-state index contributed by atoms with van der Waals surface area (Å²) in [5, 5.41) is 9.36. The molecule has 7 nitrogen and oxygen atoms in total. The SMILES string of the molecule is Nc1nc(Nc2cc(Cl)cc(Cl)c2)nn1S(=O)(=O)c1ccc2ccccc2c1. The first-order chi connectivity index (χ1) is 13.3. The quantitative estimate of drug-likeness (QED) is 0.497. The minimum Gasteiger partial charge on any atom is -0.367 e. The number of nitrogens with one attached hydrogen (secondary N) is 1. The smallest absolute Gasteiger partial charge is 0.286 e. The molecule has 3 N–H and O–H groups in total. The second-order valence-electron chi connectivity index (χ2n) is 5.93. The van der Waals surface area contributed by atoms with Crippen molar-refractivity contribution in [2.45, 2.75) is 4.90 Å². The Morgan fingerprint density at radius 2 is 1.61 bits per heavy atom. The van der Waals surface area contributed by atoms with E-state index in [0.29, 0.717) is 19.8 Å². The molecule has 0 saturated carbocycles. The number of nitrogen functional groups attached to an aromatic ring is 1. The number of fused-ring (bicyclic) bond motifs is 1. The number of halogens is 2. The van der Waals surface area contributed by atoms with E-state index in [1.54, 1.807) is 30.3 Å². The molecule has 0 amide bonds. The van der Waals surface area contributed by atoms with Crippen LogP contribution in [0.1, 0.15) is 0 Å². The van der Waals surface area contributed by atoms with Gasteiger partial charge in [0.05, 0.1) is 4.90 Å². The van der Waals surface area contributed by atoms with Crippen LogP contribution in [-0.2, 0) is 10.0 Å². The highest BCUT2D eigenvalue weighted by Gasteiger charge is 2.23. The van der Waals surface area contributed by atoms with Crippen molar-refractivity contribution in [1.82, 2.24) is 14.2 Å². The van der Waals surface area contributed by atoms with Gasteiger partial charge < -0.3 is 11.1 Å². The summed E-state index contributed by atoms with van der Waals surface area (Å²) in [4.78, 5) is 4.03. The maximum absolute atomic E-state index is 13.0. The van der Waals surface area contributed by atoms with Crippen LogP contribution in [-0.4, -0.2) is 22.6 Å². The monoisotopic (exact) mass is 433 g/mol. The standard InChI is InChI=1S/C18H13Cl2N5O2S/c19-13-8-14(20)10-15(9-13)22-18-23-17(21)25(24-18)28(26,27)16-6-5-11-3-1-2-4-12(11)7-16/h1-10H,(H3,21,22,23,24). The van der Waals surface area contributed by atoms with Gasteiger partial charge in [0.1, 0.15) is 0 Å². The van der Waals surface area contributed by atoms with Gasteiger partial charge in [-0.3, -0.25) is 0 Å². The number of benzene rings is 3. The highest BCUT2D eigenvalue weighted by Crippen LogP contribution is 2.26. The molecule has 1 heterocycles. The molecule has 0 aliphatic heterocycles. The van der Waals surface area contributed by atoms with Gasteiger partial charge in [0, 0.05) is 15.7 Å². The van der Waals surface area contributed by atoms with E-state index in [-0.39, 0.29) is 16.8 Å². The van der Waals surface area contributed by atoms with Crippen LogP contribution in [0.25, 0.3) is 10.8 Å². The van der Waals surface area contributed by atoms with Crippen molar-refractivity contribution in [3.05, 3.63) is 70.7 Å². The van der Waals surface area contributed by atoms with Gasteiger partial charge >= 0.3 is 0 Å². The number of nitrogens with zero attached hydrogens (tertiary/aromatic N) is 3. The van der Waals surface area contributed by atoms with Gasteiger partial charge in [-0.2, -0.15) is 13.4 Å². The van der Waals surface area contributed by atoms with Crippen molar-refractivity contribution in [2.75, 3.05) is 11.1 Å². The number of hydrogen-bond acceptors (Lipinski definition) is 6. The molecule has 0 saturated heterocycles. The molecule has 3 aromatic carbocycles. The average Bonchev–Trinajstić information content (AvgIpc) is 3.01. The molecule has 4 rings (SSSR count). The van der Waals surface area contributed by atoms with Crippen LogP contribution in [0.4, 0.5) is 17.6 Å². The Hall–Kier alpha value is -2.81. The number of anilines is 3. The van der Waals surface area contributed by atoms with E-state index in [9.17, 15) is 8.42 Å². The molecule has 0 spiro atoms. The van der Waals surface area contributed by atoms with E-state index in [1.165, 1.54) is 6.07 Å². The van der Waals surface area contributed by atoms with Gasteiger partial charge in [-0.25, -0.2) is 0 Å². The number of hydrogen-bond donors (Lipinski definition) is 2. The summed E-state index contributed by atoms with van der Waals surface area (Å²) < 4.78 is 26.7. The third kappa shape index (κ3) is 3.49. The van der Waals surface area contributed by atoms with Crippen LogP contribution in [0.5, 0.6) is 0 Å². The topological polar surface area (TPSA) is 103 Å². The van der Waals surface area contributed by atoms with Crippen molar-refractivity contribution < 1.29 is 8.42 Å². The lowest BCUT2D eigenvalue weighted by Crippen LogP contribution is -2.17. The van der Waals surface area contributed by atoms with Gasteiger partial charge in [0.25, 0.3) is 10.0 Å². The third-order valence-electron chi connectivity index (χ3n) is 3.97. The average molecular weight is 434 g/mol. The van der Waals surface area contributed by atoms with Crippen LogP contribution in [0.15, 0.2) is 65.6 Å². The van der Waals surface area contributed by atoms with Gasteiger partial charge in [-0.1, -0.05) is 53.5 Å². The fraction of sp³-hybridized carbons (Fsp3) is 0. The Labute approximate surface area is 170 Å². The molecule has 0 fully saturated rings. The molecule has 0 atom stereocenters. The number of rotatable bonds is 4. The summed E-state index contributed by atoms with van der Waals surface area (Å²) in [7, 11) is -4.02. The van der Waals surface area contributed by atoms with Gasteiger partial charge in [-0.15, -0.1) is 9.19 Å². The third-order valence-corrected chi connectivity index (χ3v) is 5.98. The fourth-order valence-corrected chi connectivity index (χ4v) is 4.44. The molecule has 28 heavy (non-hydrogen) atoms. The van der Waals surface area contributed by atoms with E-state index in [1.807, 2.05) is 24.3 Å². The van der Waals surface area contributed by atoms with E-state index >= 15 is 0 Å².